The van der Waals surface area contributed by atoms with Crippen LogP contribution in [0.4, 0.5) is 5.82 Å². The summed E-state index contributed by atoms with van der Waals surface area (Å²) in [5, 5.41) is 8.06. The molecule has 1 N–H and O–H groups in total. The van der Waals surface area contributed by atoms with Gasteiger partial charge in [0.25, 0.3) is 0 Å². The molecule has 2 aromatic rings. The van der Waals surface area contributed by atoms with Gasteiger partial charge < -0.3 is 20.0 Å². The lowest BCUT2D eigenvalue weighted by Crippen LogP contribution is -2.61. The maximum absolute atomic E-state index is 13.1. The molecule has 29 heavy (non-hydrogen) atoms. The van der Waals surface area contributed by atoms with Crippen LogP contribution < -0.4 is 10.2 Å². The Morgan fingerprint density at radius 3 is 2.59 bits per heavy atom. The molecule has 3 aliphatic heterocycles. The van der Waals surface area contributed by atoms with Crippen molar-refractivity contribution in [2.24, 2.45) is 5.92 Å². The first-order chi connectivity index (χ1) is 14.0. The van der Waals surface area contributed by atoms with Gasteiger partial charge in [-0.3, -0.25) is 4.79 Å². The quantitative estimate of drug-likeness (QED) is 0.792. The second-order valence-electron chi connectivity index (χ2n) is 9.08. The molecule has 0 bridgehead atoms. The topological polar surface area (TPSA) is 69.0 Å². The van der Waals surface area contributed by atoms with Gasteiger partial charge in [-0.1, -0.05) is 0 Å². The Kier molecular flexibility index (Phi) is 4.70. The molecule has 2 fully saturated rings. The number of likely N-dealkylation sites (N-methyl/N-ethyl adjacent to an activating group) is 1. The highest BCUT2D eigenvalue weighted by molar-refractivity contribution is 5.82. The predicted octanol–water partition coefficient (Wildman–Crippen LogP) is 0.405. The highest BCUT2D eigenvalue weighted by Crippen LogP contribution is 2.32. The molecule has 0 aromatic carbocycles. The highest BCUT2D eigenvalue weighted by atomic mass is 16.2. The lowest BCUT2D eigenvalue weighted by atomic mass is 9.95. The zero-order valence-electron chi connectivity index (χ0n) is 17.6. The molecule has 5 rings (SSSR count). The van der Waals surface area contributed by atoms with E-state index in [4.69, 9.17) is 4.98 Å². The van der Waals surface area contributed by atoms with E-state index in [0.29, 0.717) is 18.0 Å². The normalized spacial score (nSPS) is 26.3. The third kappa shape index (κ3) is 3.38. The zero-order chi connectivity index (χ0) is 20.1. The largest absolute Gasteiger partial charge is 0.354 e. The van der Waals surface area contributed by atoms with E-state index in [1.807, 2.05) is 16.8 Å². The zero-order valence-corrected chi connectivity index (χ0v) is 17.6. The van der Waals surface area contributed by atoms with Crippen molar-refractivity contribution in [2.45, 2.75) is 38.8 Å². The van der Waals surface area contributed by atoms with E-state index in [9.17, 15) is 4.79 Å². The van der Waals surface area contributed by atoms with Crippen LogP contribution in [0.3, 0.4) is 0 Å². The Hall–Kier alpha value is -2.19. The number of anilines is 1. The summed E-state index contributed by atoms with van der Waals surface area (Å²) >= 11 is 0. The van der Waals surface area contributed by atoms with Crippen molar-refractivity contribution in [3.05, 3.63) is 23.5 Å². The number of nitrogens with zero attached hydrogens (tertiary/aromatic N) is 6. The van der Waals surface area contributed by atoms with Gasteiger partial charge in [0, 0.05) is 69.4 Å². The second-order valence-corrected chi connectivity index (χ2v) is 9.08. The molecule has 3 aliphatic rings. The smallest absolute Gasteiger partial charge is 0.229 e. The van der Waals surface area contributed by atoms with Gasteiger partial charge in [0.05, 0.1) is 17.8 Å². The molecular formula is C21H31N7O. The summed E-state index contributed by atoms with van der Waals surface area (Å²) in [6.45, 7) is 9.52. The van der Waals surface area contributed by atoms with Crippen LogP contribution >= 0.6 is 0 Å². The number of piperazine rings is 1. The first-order valence-corrected chi connectivity index (χ1v) is 10.8. The molecule has 8 heteroatoms. The molecule has 0 radical (unpaired) electrons. The number of hydrogen-bond donors (Lipinski definition) is 1. The van der Waals surface area contributed by atoms with Crippen LogP contribution in [-0.2, 0) is 17.6 Å². The van der Waals surface area contributed by atoms with Gasteiger partial charge in [-0.2, -0.15) is 9.61 Å². The van der Waals surface area contributed by atoms with Crippen LogP contribution in [0, 0.1) is 5.92 Å². The monoisotopic (exact) mass is 397 g/mol. The van der Waals surface area contributed by atoms with Gasteiger partial charge >= 0.3 is 0 Å². The maximum atomic E-state index is 13.1. The van der Waals surface area contributed by atoms with Gasteiger partial charge in [-0.25, -0.2) is 4.98 Å². The van der Waals surface area contributed by atoms with Crippen molar-refractivity contribution < 1.29 is 4.79 Å². The molecule has 156 valence electrons. The number of rotatable bonds is 2. The Bertz CT molecular complexity index is 909. The maximum Gasteiger partial charge on any atom is 0.229 e. The van der Waals surface area contributed by atoms with Gasteiger partial charge in [0.1, 0.15) is 5.82 Å². The molecule has 0 aliphatic carbocycles. The fourth-order valence-corrected chi connectivity index (χ4v) is 5.08. The van der Waals surface area contributed by atoms with Gasteiger partial charge in [-0.05, 0) is 27.3 Å². The number of carbonyl (C=O) groups excluding carboxylic acids is 1. The minimum atomic E-state index is 0.0791. The van der Waals surface area contributed by atoms with E-state index in [2.05, 4.69) is 46.0 Å². The molecule has 2 atom stereocenters. The van der Waals surface area contributed by atoms with Crippen molar-refractivity contribution in [3.8, 4) is 0 Å². The molecule has 5 heterocycles. The Balaban J connectivity index is 1.38. The fourth-order valence-electron chi connectivity index (χ4n) is 5.08. The average Bonchev–Trinajstić information content (AvgIpc) is 3.03. The minimum Gasteiger partial charge on any atom is -0.354 e. The van der Waals surface area contributed by atoms with E-state index < -0.39 is 0 Å². The van der Waals surface area contributed by atoms with Crippen LogP contribution in [0.1, 0.15) is 25.1 Å². The number of aromatic nitrogens is 3. The molecule has 0 spiro atoms. The summed E-state index contributed by atoms with van der Waals surface area (Å²) in [7, 11) is 2.17. The van der Waals surface area contributed by atoms with Crippen LogP contribution in [0.15, 0.2) is 12.3 Å². The fraction of sp³-hybridized carbons (Fsp3) is 0.667. The van der Waals surface area contributed by atoms with E-state index >= 15 is 0 Å². The molecule has 8 nitrogen and oxygen atoms in total. The Morgan fingerprint density at radius 1 is 1.10 bits per heavy atom. The van der Waals surface area contributed by atoms with Crippen LogP contribution in [0.2, 0.25) is 0 Å². The lowest BCUT2D eigenvalue weighted by Gasteiger charge is -2.45. The summed E-state index contributed by atoms with van der Waals surface area (Å²) in [6, 6.07) is 2.69. The average molecular weight is 398 g/mol. The number of nitrogens with one attached hydrogen (secondary N) is 1. The van der Waals surface area contributed by atoms with Crippen molar-refractivity contribution in [2.75, 3.05) is 51.2 Å². The molecule has 2 unspecified atom stereocenters. The van der Waals surface area contributed by atoms with E-state index in [-0.39, 0.29) is 5.92 Å². The summed E-state index contributed by atoms with van der Waals surface area (Å²) in [6.07, 6.45) is 3.77. The molecule has 2 saturated heterocycles. The molecular weight excluding hydrogens is 366 g/mol. The van der Waals surface area contributed by atoms with E-state index in [1.165, 1.54) is 11.3 Å². The predicted molar refractivity (Wildman–Crippen MR) is 112 cm³/mol. The van der Waals surface area contributed by atoms with E-state index in [1.54, 1.807) is 0 Å². The first kappa shape index (κ1) is 18.8. The first-order valence-electron chi connectivity index (χ1n) is 10.8. The molecule has 0 saturated carbocycles. The number of fused-ring (bicyclic) bond motifs is 2. The minimum absolute atomic E-state index is 0.0791. The number of carbonyl (C=O) groups is 1. The lowest BCUT2D eigenvalue weighted by molar-refractivity contribution is -0.138. The third-order valence-electron chi connectivity index (χ3n) is 6.56. The SMILES string of the molecule is CC1CN(C(=O)C2CN(c3c4c(nc5ccnn35)CCN(C)CC4)C2)CC(C)N1. The summed E-state index contributed by atoms with van der Waals surface area (Å²) < 4.78 is 1.97. The van der Waals surface area contributed by atoms with Crippen LogP contribution in [0.25, 0.3) is 5.65 Å². The van der Waals surface area contributed by atoms with Gasteiger partial charge in [0.2, 0.25) is 5.91 Å². The summed E-state index contributed by atoms with van der Waals surface area (Å²) in [5.41, 5.74) is 3.40. The number of amides is 1. The van der Waals surface area contributed by atoms with Crippen LogP contribution in [0.5, 0.6) is 0 Å². The van der Waals surface area contributed by atoms with Crippen LogP contribution in [-0.4, -0.2) is 88.7 Å². The van der Waals surface area contributed by atoms with E-state index in [0.717, 1.165) is 63.6 Å². The molecule has 2 aromatic heterocycles. The standard InChI is InChI=1S/C21H31N7O/c1-14-10-27(11-15(2)23-14)21(29)16-12-26(13-16)20-17-5-8-25(3)9-6-18(17)24-19-4-7-22-28(19)20/h4,7,14-16,23H,5-6,8-13H2,1-3H3. The van der Waals surface area contributed by atoms with Gasteiger partial charge in [0.15, 0.2) is 5.65 Å². The van der Waals surface area contributed by atoms with Crippen molar-refractivity contribution >= 4 is 17.4 Å². The second kappa shape index (κ2) is 7.25. The van der Waals surface area contributed by atoms with Gasteiger partial charge in [-0.15, -0.1) is 0 Å². The van der Waals surface area contributed by atoms with Crippen molar-refractivity contribution in [1.29, 1.82) is 0 Å². The third-order valence-corrected chi connectivity index (χ3v) is 6.56. The summed E-state index contributed by atoms with van der Waals surface area (Å²) in [4.78, 5) is 24.7. The van der Waals surface area contributed by atoms with Crippen molar-refractivity contribution in [1.82, 2.24) is 29.7 Å². The highest BCUT2D eigenvalue weighted by Gasteiger charge is 2.39. The summed E-state index contributed by atoms with van der Waals surface area (Å²) in [5.74, 6) is 1.53. The number of hydrogen-bond acceptors (Lipinski definition) is 6. The van der Waals surface area contributed by atoms with Crippen molar-refractivity contribution in [3.63, 3.8) is 0 Å². The Labute approximate surface area is 171 Å². The Morgan fingerprint density at radius 2 is 1.83 bits per heavy atom. The molecule has 1 amide bonds.